The molecule has 1 aromatic heterocycles. The third kappa shape index (κ3) is 3.50. The Kier molecular flexibility index (Phi) is 4.41. The fourth-order valence-electron chi connectivity index (χ4n) is 0.943. The molecular weight excluding hydrogens is 398 g/mol. The number of carboxylic acid groups (broad SMARTS) is 1. The minimum absolute atomic E-state index is 0.0173. The molecule has 96 valence electrons. The van der Waals surface area contributed by atoms with Gasteiger partial charge in [0.1, 0.15) is 10.4 Å². The van der Waals surface area contributed by atoms with Gasteiger partial charge in [-0.1, -0.05) is 0 Å². The smallest absolute Gasteiger partial charge is 0.324 e. The van der Waals surface area contributed by atoms with E-state index in [1.165, 1.54) is 31.3 Å². The molecule has 1 rings (SSSR count). The first-order valence-corrected chi connectivity index (χ1v) is 8.17. The van der Waals surface area contributed by atoms with E-state index < -0.39 is 21.5 Å². The summed E-state index contributed by atoms with van der Waals surface area (Å²) < 4.78 is 27.1. The van der Waals surface area contributed by atoms with Gasteiger partial charge in [-0.25, -0.2) is 8.42 Å². The number of halogens is 2. The van der Waals surface area contributed by atoms with Crippen LogP contribution in [0.1, 0.15) is 13.8 Å². The Bertz CT molecular complexity index is 550. The van der Waals surface area contributed by atoms with Gasteiger partial charge in [-0.2, -0.15) is 4.72 Å². The van der Waals surface area contributed by atoms with E-state index in [1.807, 2.05) is 0 Å². The second-order valence-electron chi connectivity index (χ2n) is 3.72. The highest BCUT2D eigenvalue weighted by molar-refractivity contribution is 9.12. The molecule has 0 bridgehead atoms. The van der Waals surface area contributed by atoms with E-state index in [4.69, 9.17) is 5.11 Å². The van der Waals surface area contributed by atoms with Crippen LogP contribution in [-0.4, -0.2) is 25.0 Å². The van der Waals surface area contributed by atoms with Crippen molar-refractivity contribution in [3.8, 4) is 0 Å². The van der Waals surface area contributed by atoms with Crippen molar-refractivity contribution in [1.29, 1.82) is 0 Å². The molecule has 0 amide bonds. The highest BCUT2D eigenvalue weighted by Gasteiger charge is 2.34. The Morgan fingerprint density at radius 1 is 1.47 bits per heavy atom. The average Bonchev–Trinajstić information content (AvgIpc) is 2.43. The van der Waals surface area contributed by atoms with Crippen molar-refractivity contribution < 1.29 is 18.3 Å². The van der Waals surface area contributed by atoms with Crippen molar-refractivity contribution in [2.45, 2.75) is 24.3 Å². The van der Waals surface area contributed by atoms with Crippen LogP contribution in [0.5, 0.6) is 0 Å². The average molecular weight is 407 g/mol. The number of thiophene rings is 1. The Morgan fingerprint density at radius 2 is 2.00 bits per heavy atom. The maximum atomic E-state index is 12.0. The predicted octanol–water partition coefficient (Wildman–Crippen LogP) is 2.41. The van der Waals surface area contributed by atoms with E-state index >= 15 is 0 Å². The van der Waals surface area contributed by atoms with Gasteiger partial charge in [-0.3, -0.25) is 4.79 Å². The SMILES string of the molecule is CC(C)(NS(=O)(=O)c1cc(Br)sc1Br)C(=O)O. The fourth-order valence-corrected chi connectivity index (χ4v) is 6.13. The van der Waals surface area contributed by atoms with Crippen LogP contribution in [0.4, 0.5) is 0 Å². The highest BCUT2D eigenvalue weighted by atomic mass is 79.9. The summed E-state index contributed by atoms with van der Waals surface area (Å²) >= 11 is 7.48. The van der Waals surface area contributed by atoms with E-state index in [1.54, 1.807) is 0 Å². The summed E-state index contributed by atoms with van der Waals surface area (Å²) in [6, 6.07) is 1.41. The predicted molar refractivity (Wildman–Crippen MR) is 71.8 cm³/mol. The molecule has 1 aromatic rings. The minimum Gasteiger partial charge on any atom is -0.480 e. The van der Waals surface area contributed by atoms with Crippen LogP contribution in [0.25, 0.3) is 0 Å². The molecule has 2 N–H and O–H groups in total. The minimum atomic E-state index is -3.87. The summed E-state index contributed by atoms with van der Waals surface area (Å²) in [4.78, 5) is 10.9. The second kappa shape index (κ2) is 4.96. The normalized spacial score (nSPS) is 12.7. The number of hydrogen-bond donors (Lipinski definition) is 2. The monoisotopic (exact) mass is 405 g/mol. The fraction of sp³-hybridized carbons (Fsp3) is 0.375. The van der Waals surface area contributed by atoms with Crippen molar-refractivity contribution >= 4 is 59.2 Å². The number of sulfonamides is 1. The first kappa shape index (κ1) is 15.1. The maximum Gasteiger partial charge on any atom is 0.324 e. The van der Waals surface area contributed by atoms with E-state index in [0.29, 0.717) is 7.57 Å². The zero-order chi connectivity index (χ0) is 13.4. The van der Waals surface area contributed by atoms with E-state index in [2.05, 4.69) is 36.6 Å². The molecule has 0 atom stereocenters. The lowest BCUT2D eigenvalue weighted by Crippen LogP contribution is -2.49. The number of rotatable bonds is 4. The summed E-state index contributed by atoms with van der Waals surface area (Å²) in [7, 11) is -3.87. The molecule has 17 heavy (non-hydrogen) atoms. The number of carbonyl (C=O) groups is 1. The Balaban J connectivity index is 3.14. The first-order valence-electron chi connectivity index (χ1n) is 4.28. The Labute approximate surface area is 120 Å². The third-order valence-electron chi connectivity index (χ3n) is 1.84. The molecule has 0 fully saturated rings. The molecule has 9 heteroatoms. The molecule has 0 saturated carbocycles. The van der Waals surface area contributed by atoms with Gasteiger partial charge in [0.05, 0.1) is 7.57 Å². The molecule has 0 radical (unpaired) electrons. The zero-order valence-electron chi connectivity index (χ0n) is 8.82. The van der Waals surface area contributed by atoms with Crippen LogP contribution in [-0.2, 0) is 14.8 Å². The lowest BCUT2D eigenvalue weighted by molar-refractivity contribution is -0.142. The zero-order valence-corrected chi connectivity index (χ0v) is 13.6. The Hall–Kier alpha value is 0.0400. The molecule has 0 aliphatic carbocycles. The number of carboxylic acids is 1. The van der Waals surface area contributed by atoms with E-state index in [9.17, 15) is 13.2 Å². The highest BCUT2D eigenvalue weighted by Crippen LogP contribution is 2.35. The van der Waals surface area contributed by atoms with Crippen LogP contribution in [0, 0.1) is 0 Å². The molecule has 0 spiro atoms. The molecule has 1 heterocycles. The molecule has 0 unspecified atom stereocenters. The largest absolute Gasteiger partial charge is 0.480 e. The summed E-state index contributed by atoms with van der Waals surface area (Å²) in [5.74, 6) is -1.24. The van der Waals surface area contributed by atoms with Crippen LogP contribution < -0.4 is 4.72 Å². The lowest BCUT2D eigenvalue weighted by Gasteiger charge is -2.20. The van der Waals surface area contributed by atoms with Crippen LogP contribution in [0.2, 0.25) is 0 Å². The molecule has 0 aromatic carbocycles. The van der Waals surface area contributed by atoms with E-state index in [-0.39, 0.29) is 4.90 Å². The first-order chi connectivity index (χ1) is 7.56. The van der Waals surface area contributed by atoms with Crippen molar-refractivity contribution in [3.63, 3.8) is 0 Å². The third-order valence-corrected chi connectivity index (χ3v) is 6.25. The Morgan fingerprint density at radius 3 is 2.35 bits per heavy atom. The van der Waals surface area contributed by atoms with Gasteiger partial charge in [0.25, 0.3) is 0 Å². The van der Waals surface area contributed by atoms with Crippen molar-refractivity contribution in [2.24, 2.45) is 0 Å². The second-order valence-corrected chi connectivity index (χ2v) is 9.12. The van der Waals surface area contributed by atoms with Crippen LogP contribution in [0.3, 0.4) is 0 Å². The van der Waals surface area contributed by atoms with Gasteiger partial charge < -0.3 is 5.11 Å². The van der Waals surface area contributed by atoms with E-state index in [0.717, 1.165) is 0 Å². The van der Waals surface area contributed by atoms with Crippen LogP contribution >= 0.6 is 43.2 Å². The standard InChI is InChI=1S/C8H9Br2NO4S2/c1-8(2,7(12)13)11-17(14,15)4-3-5(9)16-6(4)10/h3,11H,1-2H3,(H,12,13). The van der Waals surface area contributed by atoms with Gasteiger partial charge in [0.15, 0.2) is 0 Å². The van der Waals surface area contributed by atoms with Gasteiger partial charge in [-0.05, 0) is 51.8 Å². The molecule has 0 aliphatic heterocycles. The molecule has 0 aliphatic rings. The summed E-state index contributed by atoms with van der Waals surface area (Å²) in [6.07, 6.45) is 0. The summed E-state index contributed by atoms with van der Waals surface area (Å²) in [5.41, 5.74) is -1.56. The maximum absolute atomic E-state index is 12.0. The summed E-state index contributed by atoms with van der Waals surface area (Å²) in [5, 5.41) is 8.88. The van der Waals surface area contributed by atoms with Crippen molar-refractivity contribution in [2.75, 3.05) is 0 Å². The quantitative estimate of drug-likeness (QED) is 0.804. The van der Waals surface area contributed by atoms with Gasteiger partial charge in [0.2, 0.25) is 10.0 Å². The van der Waals surface area contributed by atoms with Gasteiger partial charge >= 0.3 is 5.97 Å². The summed E-state index contributed by atoms with van der Waals surface area (Å²) in [6.45, 7) is 2.56. The number of nitrogens with one attached hydrogen (secondary N) is 1. The number of aliphatic carboxylic acids is 1. The molecule has 0 saturated heterocycles. The van der Waals surface area contributed by atoms with Gasteiger partial charge in [-0.15, -0.1) is 11.3 Å². The number of hydrogen-bond acceptors (Lipinski definition) is 4. The lowest BCUT2D eigenvalue weighted by atomic mass is 10.1. The van der Waals surface area contributed by atoms with Gasteiger partial charge in [0, 0.05) is 0 Å². The molecular formula is C8H9Br2NO4S2. The van der Waals surface area contributed by atoms with Crippen molar-refractivity contribution in [3.05, 3.63) is 13.6 Å². The topological polar surface area (TPSA) is 83.5 Å². The molecule has 5 nitrogen and oxygen atoms in total. The van der Waals surface area contributed by atoms with Crippen LogP contribution in [0.15, 0.2) is 18.5 Å². The van der Waals surface area contributed by atoms with Crippen molar-refractivity contribution in [1.82, 2.24) is 4.72 Å².